The van der Waals surface area contributed by atoms with E-state index in [0.717, 1.165) is 52.9 Å². The molecule has 7 heteroatoms. The van der Waals surface area contributed by atoms with Crippen LogP contribution in [0.1, 0.15) is 29.8 Å². The molecule has 0 radical (unpaired) electrons. The highest BCUT2D eigenvalue weighted by Gasteiger charge is 2.18. The summed E-state index contributed by atoms with van der Waals surface area (Å²) in [7, 11) is 0. The lowest BCUT2D eigenvalue weighted by atomic mass is 9.97. The Morgan fingerprint density at radius 2 is 1.88 bits per heavy atom. The van der Waals surface area contributed by atoms with Gasteiger partial charge in [-0.3, -0.25) is 4.79 Å². The Kier molecular flexibility index (Phi) is 7.98. The first-order valence-corrected chi connectivity index (χ1v) is 12.3. The Hall–Kier alpha value is -3.16. The smallest absolute Gasteiger partial charge is 0.247 e. The molecule has 2 aromatic carbocycles. The Morgan fingerprint density at radius 1 is 1.18 bits per heavy atom. The Bertz CT molecular complexity index is 1120. The van der Waals surface area contributed by atoms with E-state index in [9.17, 15) is 9.90 Å². The third-order valence-corrected chi connectivity index (χ3v) is 7.15. The molecule has 1 aliphatic heterocycles. The number of nitrogens with zero attached hydrogens (tertiary/aromatic N) is 3. The second-order valence-electron chi connectivity index (χ2n) is 8.55. The molecule has 176 valence electrons. The van der Waals surface area contributed by atoms with Crippen molar-refractivity contribution in [3.8, 4) is 0 Å². The number of anilines is 2. The molecule has 1 aromatic heterocycles. The van der Waals surface area contributed by atoms with E-state index in [4.69, 9.17) is 4.98 Å². The third kappa shape index (κ3) is 6.24. The van der Waals surface area contributed by atoms with Crippen LogP contribution in [0.15, 0.2) is 77.3 Å². The van der Waals surface area contributed by atoms with Gasteiger partial charge < -0.3 is 15.3 Å². The van der Waals surface area contributed by atoms with Crippen LogP contribution < -0.4 is 10.2 Å². The molecule has 0 spiro atoms. The Balaban J connectivity index is 1.39. The standard InChI is InChI=1S/C27H30N4O2S/c1-3-26(33)29-22-6-10-24(11-7-22)34-27-19(2)17-28-25(30-27)16-20-4-8-23(9-5-20)31-14-12-21(18-32)13-15-31/h3-11,17,21,32H,1,12-16,18H2,2H3,(H,29,33). The van der Waals surface area contributed by atoms with Gasteiger partial charge in [-0.2, -0.15) is 0 Å². The van der Waals surface area contributed by atoms with Crippen LogP contribution in [-0.2, 0) is 11.2 Å². The first-order valence-electron chi connectivity index (χ1n) is 11.5. The average Bonchev–Trinajstić information content (AvgIpc) is 2.87. The maximum Gasteiger partial charge on any atom is 0.247 e. The number of piperidine rings is 1. The number of amides is 1. The molecule has 1 aliphatic rings. The van der Waals surface area contributed by atoms with E-state index >= 15 is 0 Å². The number of benzene rings is 2. The van der Waals surface area contributed by atoms with Crippen molar-refractivity contribution in [3.05, 3.63) is 84.3 Å². The number of aryl methyl sites for hydroxylation is 1. The van der Waals surface area contributed by atoms with Crippen LogP contribution in [0.2, 0.25) is 0 Å². The maximum atomic E-state index is 11.4. The predicted octanol–water partition coefficient (Wildman–Crippen LogP) is 4.86. The lowest BCUT2D eigenvalue weighted by molar-refractivity contribution is -0.111. The van der Waals surface area contributed by atoms with Crippen molar-refractivity contribution < 1.29 is 9.90 Å². The molecule has 0 atom stereocenters. The van der Waals surface area contributed by atoms with Gasteiger partial charge in [0, 0.05) is 48.6 Å². The highest BCUT2D eigenvalue weighted by atomic mass is 32.2. The quantitative estimate of drug-likeness (QED) is 0.359. The zero-order valence-electron chi connectivity index (χ0n) is 19.4. The summed E-state index contributed by atoms with van der Waals surface area (Å²) >= 11 is 1.59. The van der Waals surface area contributed by atoms with Crippen molar-refractivity contribution >= 4 is 29.0 Å². The van der Waals surface area contributed by atoms with Gasteiger partial charge in [0.05, 0.1) is 0 Å². The van der Waals surface area contributed by atoms with E-state index in [1.807, 2.05) is 37.4 Å². The monoisotopic (exact) mass is 474 g/mol. The summed E-state index contributed by atoms with van der Waals surface area (Å²) in [5.41, 5.74) is 4.17. The molecule has 6 nitrogen and oxygen atoms in total. The van der Waals surface area contributed by atoms with E-state index in [1.54, 1.807) is 11.8 Å². The molecular formula is C27H30N4O2S. The Labute approximate surface area is 205 Å². The molecule has 0 unspecified atom stereocenters. The fourth-order valence-electron chi connectivity index (χ4n) is 3.94. The number of hydrogen-bond acceptors (Lipinski definition) is 6. The topological polar surface area (TPSA) is 78.4 Å². The summed E-state index contributed by atoms with van der Waals surface area (Å²) in [4.78, 5) is 24.2. The van der Waals surface area contributed by atoms with Gasteiger partial charge in [-0.05, 0) is 79.3 Å². The van der Waals surface area contributed by atoms with E-state index < -0.39 is 0 Å². The van der Waals surface area contributed by atoms with Crippen molar-refractivity contribution in [2.75, 3.05) is 29.9 Å². The van der Waals surface area contributed by atoms with Crippen molar-refractivity contribution in [2.24, 2.45) is 5.92 Å². The average molecular weight is 475 g/mol. The van der Waals surface area contributed by atoms with Crippen LogP contribution in [0.25, 0.3) is 0 Å². The molecule has 1 amide bonds. The minimum absolute atomic E-state index is 0.226. The molecule has 2 heterocycles. The van der Waals surface area contributed by atoms with E-state index in [-0.39, 0.29) is 5.91 Å². The molecule has 1 fully saturated rings. The second-order valence-corrected chi connectivity index (χ2v) is 9.61. The number of carbonyl (C=O) groups is 1. The molecule has 0 bridgehead atoms. The van der Waals surface area contributed by atoms with Crippen molar-refractivity contribution in [1.82, 2.24) is 9.97 Å². The van der Waals surface area contributed by atoms with Crippen molar-refractivity contribution in [3.63, 3.8) is 0 Å². The largest absolute Gasteiger partial charge is 0.396 e. The molecule has 0 saturated carbocycles. The van der Waals surface area contributed by atoms with Gasteiger partial charge in [0.25, 0.3) is 0 Å². The second kappa shape index (κ2) is 11.3. The number of hydrogen-bond donors (Lipinski definition) is 2. The van der Waals surface area contributed by atoms with E-state index in [0.29, 0.717) is 18.9 Å². The number of nitrogens with one attached hydrogen (secondary N) is 1. The number of aliphatic hydroxyl groups is 1. The van der Waals surface area contributed by atoms with Crippen LogP contribution in [0.4, 0.5) is 11.4 Å². The fourth-order valence-corrected chi connectivity index (χ4v) is 4.80. The first-order chi connectivity index (χ1) is 16.5. The summed E-state index contributed by atoms with van der Waals surface area (Å²) in [6.07, 6.45) is 5.89. The molecule has 34 heavy (non-hydrogen) atoms. The van der Waals surface area contributed by atoms with Gasteiger partial charge >= 0.3 is 0 Å². The summed E-state index contributed by atoms with van der Waals surface area (Å²) in [5, 5.41) is 13.0. The van der Waals surface area contributed by atoms with E-state index in [1.165, 1.54) is 17.3 Å². The molecule has 1 saturated heterocycles. The Morgan fingerprint density at radius 3 is 2.53 bits per heavy atom. The number of rotatable bonds is 8. The van der Waals surface area contributed by atoms with Crippen LogP contribution >= 0.6 is 11.8 Å². The number of aliphatic hydroxyl groups excluding tert-OH is 1. The molecule has 2 N–H and O–H groups in total. The van der Waals surface area contributed by atoms with Crippen molar-refractivity contribution in [2.45, 2.75) is 36.1 Å². The van der Waals surface area contributed by atoms with Crippen LogP contribution in [0, 0.1) is 12.8 Å². The fraction of sp³-hybridized carbons (Fsp3) is 0.296. The summed E-state index contributed by atoms with van der Waals surface area (Å²) in [5.74, 6) is 1.01. The van der Waals surface area contributed by atoms with Crippen LogP contribution in [0.5, 0.6) is 0 Å². The van der Waals surface area contributed by atoms with Gasteiger partial charge in [0.1, 0.15) is 10.9 Å². The van der Waals surface area contributed by atoms with Crippen molar-refractivity contribution in [1.29, 1.82) is 0 Å². The summed E-state index contributed by atoms with van der Waals surface area (Å²) in [6.45, 7) is 7.76. The lowest BCUT2D eigenvalue weighted by Crippen LogP contribution is -2.34. The van der Waals surface area contributed by atoms with Gasteiger partial charge in [-0.1, -0.05) is 30.5 Å². The lowest BCUT2D eigenvalue weighted by Gasteiger charge is -2.32. The van der Waals surface area contributed by atoms with Gasteiger partial charge in [-0.15, -0.1) is 0 Å². The van der Waals surface area contributed by atoms with Crippen LogP contribution in [0.3, 0.4) is 0 Å². The normalized spacial score (nSPS) is 14.1. The molecule has 4 rings (SSSR count). The van der Waals surface area contributed by atoms with Gasteiger partial charge in [0.2, 0.25) is 5.91 Å². The molecular weight excluding hydrogens is 444 g/mol. The highest BCUT2D eigenvalue weighted by molar-refractivity contribution is 7.99. The minimum atomic E-state index is -0.226. The van der Waals surface area contributed by atoms with Gasteiger partial charge in [-0.25, -0.2) is 9.97 Å². The first kappa shape index (κ1) is 24.0. The number of aromatic nitrogens is 2. The summed E-state index contributed by atoms with van der Waals surface area (Å²) in [6, 6.07) is 16.3. The van der Waals surface area contributed by atoms with E-state index in [2.05, 4.69) is 46.0 Å². The third-order valence-electron chi connectivity index (χ3n) is 6.03. The zero-order valence-corrected chi connectivity index (χ0v) is 20.2. The minimum Gasteiger partial charge on any atom is -0.396 e. The maximum absolute atomic E-state index is 11.4. The zero-order chi connectivity index (χ0) is 23.9. The molecule has 0 aliphatic carbocycles. The predicted molar refractivity (Wildman–Crippen MR) is 137 cm³/mol. The SMILES string of the molecule is C=CC(=O)Nc1ccc(Sc2nc(Cc3ccc(N4CCC(CO)CC4)cc3)ncc2C)cc1. The summed E-state index contributed by atoms with van der Waals surface area (Å²) < 4.78 is 0. The van der Waals surface area contributed by atoms with Crippen LogP contribution in [-0.4, -0.2) is 40.7 Å². The molecule has 3 aromatic rings. The highest BCUT2D eigenvalue weighted by Crippen LogP contribution is 2.30. The van der Waals surface area contributed by atoms with Gasteiger partial charge in [0.15, 0.2) is 0 Å². The number of carbonyl (C=O) groups excluding carboxylic acids is 1.